The fourth-order valence-electron chi connectivity index (χ4n) is 1.69. The average molecular weight is 269 g/mol. The summed E-state index contributed by atoms with van der Waals surface area (Å²) < 4.78 is 1.05. The Morgan fingerprint density at radius 3 is 2.73 bits per heavy atom. The Morgan fingerprint density at radius 2 is 2.13 bits per heavy atom. The van der Waals surface area contributed by atoms with E-state index in [4.69, 9.17) is 10.6 Å². The molecule has 2 rings (SSSR count). The molecule has 0 aromatic heterocycles. The van der Waals surface area contributed by atoms with Crippen molar-refractivity contribution in [1.29, 1.82) is 0 Å². The van der Waals surface area contributed by atoms with Crippen LogP contribution in [0.3, 0.4) is 0 Å². The number of halogens is 1. The highest BCUT2D eigenvalue weighted by Gasteiger charge is 2.21. The second-order valence-electron chi connectivity index (χ2n) is 3.67. The number of benzene rings is 1. The summed E-state index contributed by atoms with van der Waals surface area (Å²) in [5, 5.41) is 0. The Hall–Kier alpha value is -1.00. The molecule has 1 aromatic carbocycles. The van der Waals surface area contributed by atoms with Gasteiger partial charge in [-0.3, -0.25) is 10.3 Å². The Morgan fingerprint density at radius 1 is 1.40 bits per heavy atom. The van der Waals surface area contributed by atoms with Crippen molar-refractivity contribution in [3.8, 4) is 0 Å². The number of hydrogen-bond acceptors (Lipinski definition) is 3. The second-order valence-corrected chi connectivity index (χ2v) is 4.52. The third-order valence-electron chi connectivity index (χ3n) is 2.52. The molecule has 1 aliphatic rings. The maximum Gasteiger partial charge on any atom is 0.133 e. The average Bonchev–Trinajstić information content (AvgIpc) is 2.59. The summed E-state index contributed by atoms with van der Waals surface area (Å²) in [6.07, 6.45) is 1.92. The standard InChI is InChI=1S/C11H13BrN2O/c1-6-5-10(15-14-6)11-7(2)8(12)3-4-9(11)13/h3-5,10,14H,13H2,1-2H3. The minimum absolute atomic E-state index is 0.0949. The number of hydrogen-bond donors (Lipinski definition) is 2. The van der Waals surface area contributed by atoms with E-state index in [1.54, 1.807) is 0 Å². The van der Waals surface area contributed by atoms with Gasteiger partial charge < -0.3 is 5.73 Å². The summed E-state index contributed by atoms with van der Waals surface area (Å²) in [6.45, 7) is 3.99. The first kappa shape index (κ1) is 10.5. The molecule has 3 N–H and O–H groups in total. The van der Waals surface area contributed by atoms with Crippen LogP contribution in [0.2, 0.25) is 0 Å². The Kier molecular flexibility index (Phi) is 2.71. The van der Waals surface area contributed by atoms with Crippen molar-refractivity contribution < 1.29 is 4.84 Å². The lowest BCUT2D eigenvalue weighted by Crippen LogP contribution is -2.09. The molecule has 0 amide bonds. The lowest BCUT2D eigenvalue weighted by molar-refractivity contribution is 0.0422. The lowest BCUT2D eigenvalue weighted by atomic mass is 10.0. The first-order chi connectivity index (χ1) is 7.09. The van der Waals surface area contributed by atoms with Crippen molar-refractivity contribution in [1.82, 2.24) is 5.48 Å². The van der Waals surface area contributed by atoms with Crippen LogP contribution in [0.25, 0.3) is 0 Å². The van der Waals surface area contributed by atoms with E-state index in [9.17, 15) is 0 Å². The number of rotatable bonds is 1. The number of nitrogens with two attached hydrogens (primary N) is 1. The van der Waals surface area contributed by atoms with Gasteiger partial charge in [0, 0.05) is 21.4 Å². The molecule has 1 heterocycles. The number of anilines is 1. The van der Waals surface area contributed by atoms with Gasteiger partial charge in [-0.15, -0.1) is 0 Å². The van der Waals surface area contributed by atoms with Crippen molar-refractivity contribution in [3.63, 3.8) is 0 Å². The van der Waals surface area contributed by atoms with E-state index in [2.05, 4.69) is 21.4 Å². The molecule has 0 bridgehead atoms. The third-order valence-corrected chi connectivity index (χ3v) is 3.37. The topological polar surface area (TPSA) is 47.3 Å². The molecule has 80 valence electrons. The fourth-order valence-corrected chi connectivity index (χ4v) is 2.04. The predicted molar refractivity (Wildman–Crippen MR) is 64.0 cm³/mol. The molecular formula is C11H13BrN2O. The van der Waals surface area contributed by atoms with Crippen LogP contribution in [0.15, 0.2) is 28.4 Å². The normalized spacial score (nSPS) is 19.9. The van der Waals surface area contributed by atoms with Crippen LogP contribution in [-0.4, -0.2) is 0 Å². The van der Waals surface area contributed by atoms with Crippen molar-refractivity contribution in [2.75, 3.05) is 5.73 Å². The SMILES string of the molecule is CC1=CC(c2c(N)ccc(Br)c2C)ON1. The van der Waals surface area contributed by atoms with Gasteiger partial charge >= 0.3 is 0 Å². The number of allylic oxidation sites excluding steroid dienone is 1. The van der Waals surface area contributed by atoms with Crippen LogP contribution in [0.4, 0.5) is 5.69 Å². The van der Waals surface area contributed by atoms with Crippen LogP contribution in [0, 0.1) is 6.92 Å². The zero-order chi connectivity index (χ0) is 11.0. The number of nitrogen functional groups attached to an aromatic ring is 1. The molecule has 0 spiro atoms. The van der Waals surface area contributed by atoms with Gasteiger partial charge in [0.15, 0.2) is 0 Å². The maximum atomic E-state index is 5.96. The van der Waals surface area contributed by atoms with Crippen LogP contribution < -0.4 is 11.2 Å². The molecule has 4 heteroatoms. The van der Waals surface area contributed by atoms with Crippen LogP contribution in [0.1, 0.15) is 24.2 Å². The molecule has 1 atom stereocenters. The summed E-state index contributed by atoms with van der Waals surface area (Å²) in [7, 11) is 0. The largest absolute Gasteiger partial charge is 0.398 e. The summed E-state index contributed by atoms with van der Waals surface area (Å²) in [5.74, 6) is 0. The van der Waals surface area contributed by atoms with Gasteiger partial charge in [0.2, 0.25) is 0 Å². The van der Waals surface area contributed by atoms with Crippen molar-refractivity contribution in [2.24, 2.45) is 0 Å². The van der Waals surface area contributed by atoms with Gasteiger partial charge in [0.25, 0.3) is 0 Å². The monoisotopic (exact) mass is 268 g/mol. The molecule has 0 aliphatic carbocycles. The minimum Gasteiger partial charge on any atom is -0.398 e. The smallest absolute Gasteiger partial charge is 0.133 e. The highest BCUT2D eigenvalue weighted by Crippen LogP contribution is 2.34. The molecule has 3 nitrogen and oxygen atoms in total. The molecule has 0 radical (unpaired) electrons. The third kappa shape index (κ3) is 1.87. The molecule has 0 saturated heterocycles. The van der Waals surface area contributed by atoms with E-state index in [1.165, 1.54) is 0 Å². The zero-order valence-corrected chi connectivity index (χ0v) is 10.3. The van der Waals surface area contributed by atoms with E-state index in [1.807, 2.05) is 32.1 Å². The highest BCUT2D eigenvalue weighted by molar-refractivity contribution is 9.10. The first-order valence-corrected chi connectivity index (χ1v) is 5.53. The van der Waals surface area contributed by atoms with Crippen LogP contribution in [-0.2, 0) is 4.84 Å². The summed E-state index contributed by atoms with van der Waals surface area (Å²) in [6, 6.07) is 3.84. The molecular weight excluding hydrogens is 256 g/mol. The van der Waals surface area contributed by atoms with Gasteiger partial charge in [0.05, 0.1) is 0 Å². The van der Waals surface area contributed by atoms with E-state index in [0.717, 1.165) is 27.0 Å². The highest BCUT2D eigenvalue weighted by atomic mass is 79.9. The number of hydroxylamine groups is 1. The van der Waals surface area contributed by atoms with Gasteiger partial charge in [-0.2, -0.15) is 0 Å². The molecule has 0 fully saturated rings. The number of nitrogens with one attached hydrogen (secondary N) is 1. The van der Waals surface area contributed by atoms with Crippen LogP contribution in [0.5, 0.6) is 0 Å². The Bertz CT molecular complexity index is 429. The van der Waals surface area contributed by atoms with E-state index >= 15 is 0 Å². The van der Waals surface area contributed by atoms with E-state index in [0.29, 0.717) is 0 Å². The van der Waals surface area contributed by atoms with E-state index < -0.39 is 0 Å². The Labute approximate surface area is 97.4 Å². The summed E-state index contributed by atoms with van der Waals surface area (Å²) >= 11 is 3.49. The van der Waals surface area contributed by atoms with Crippen molar-refractivity contribution >= 4 is 21.6 Å². The molecule has 0 saturated carbocycles. The van der Waals surface area contributed by atoms with Gasteiger partial charge in [-0.05, 0) is 37.6 Å². The van der Waals surface area contributed by atoms with Gasteiger partial charge in [-0.1, -0.05) is 15.9 Å². The van der Waals surface area contributed by atoms with E-state index in [-0.39, 0.29) is 6.10 Å². The maximum absolute atomic E-state index is 5.96. The fraction of sp³-hybridized carbons (Fsp3) is 0.273. The summed E-state index contributed by atoms with van der Waals surface area (Å²) in [5.41, 5.74) is 12.7. The summed E-state index contributed by atoms with van der Waals surface area (Å²) in [4.78, 5) is 5.42. The second kappa shape index (κ2) is 3.87. The van der Waals surface area contributed by atoms with Gasteiger partial charge in [0.1, 0.15) is 6.10 Å². The van der Waals surface area contributed by atoms with Gasteiger partial charge in [-0.25, -0.2) is 0 Å². The predicted octanol–water partition coefficient (Wildman–Crippen LogP) is 2.82. The molecule has 15 heavy (non-hydrogen) atoms. The quantitative estimate of drug-likeness (QED) is 0.771. The lowest BCUT2D eigenvalue weighted by Gasteiger charge is -2.15. The molecule has 1 aromatic rings. The Balaban J connectivity index is 2.48. The zero-order valence-electron chi connectivity index (χ0n) is 8.67. The van der Waals surface area contributed by atoms with Crippen molar-refractivity contribution in [2.45, 2.75) is 20.0 Å². The van der Waals surface area contributed by atoms with Crippen LogP contribution >= 0.6 is 15.9 Å². The van der Waals surface area contributed by atoms with Crippen molar-refractivity contribution in [3.05, 3.63) is 39.5 Å². The molecule has 1 aliphatic heterocycles. The molecule has 1 unspecified atom stereocenters. The minimum atomic E-state index is -0.0949. The first-order valence-electron chi connectivity index (χ1n) is 4.74.